The number of hydrogen-bond acceptors (Lipinski definition) is 3. The van der Waals surface area contributed by atoms with Gasteiger partial charge in [0.1, 0.15) is 5.75 Å². The highest BCUT2D eigenvalue weighted by atomic mass is 19.3. The molecular formula is C27H28F2O4. The Labute approximate surface area is 192 Å². The monoisotopic (exact) mass is 454 g/mol. The molecule has 6 heteroatoms. The van der Waals surface area contributed by atoms with Gasteiger partial charge in [0, 0.05) is 0 Å². The molecule has 0 bridgehead atoms. The summed E-state index contributed by atoms with van der Waals surface area (Å²) in [5.74, 6) is -0.923. The largest absolute Gasteiger partial charge is 0.481 e. The predicted octanol–water partition coefficient (Wildman–Crippen LogP) is 5.83. The van der Waals surface area contributed by atoms with Gasteiger partial charge >= 0.3 is 12.6 Å². The van der Waals surface area contributed by atoms with Crippen LogP contribution in [0, 0.1) is 5.92 Å². The van der Waals surface area contributed by atoms with E-state index < -0.39 is 18.7 Å². The average Bonchev–Trinajstić information content (AvgIpc) is 2.79. The molecule has 2 atom stereocenters. The molecule has 174 valence electrons. The van der Waals surface area contributed by atoms with Crippen molar-refractivity contribution >= 4 is 5.97 Å². The van der Waals surface area contributed by atoms with Crippen LogP contribution in [0.5, 0.6) is 5.75 Å². The summed E-state index contributed by atoms with van der Waals surface area (Å²) in [6, 6.07) is 23.6. The van der Waals surface area contributed by atoms with E-state index in [1.807, 2.05) is 30.3 Å². The third-order valence-corrected chi connectivity index (χ3v) is 5.65. The molecular weight excluding hydrogens is 426 g/mol. The van der Waals surface area contributed by atoms with Crippen molar-refractivity contribution in [2.75, 3.05) is 0 Å². The highest BCUT2D eigenvalue weighted by molar-refractivity contribution is 5.70. The summed E-state index contributed by atoms with van der Waals surface area (Å²) in [4.78, 5) is 10.9. The van der Waals surface area contributed by atoms with Gasteiger partial charge in [-0.1, -0.05) is 66.7 Å². The Morgan fingerprint density at radius 3 is 2.09 bits per heavy atom. The maximum absolute atomic E-state index is 12.4. The smallest absolute Gasteiger partial charge is 0.387 e. The predicted molar refractivity (Wildman–Crippen MR) is 122 cm³/mol. The minimum Gasteiger partial charge on any atom is -0.481 e. The number of carboxylic acids is 1. The second-order valence-electron chi connectivity index (χ2n) is 8.12. The summed E-state index contributed by atoms with van der Waals surface area (Å²) in [7, 11) is 0. The van der Waals surface area contributed by atoms with Crippen molar-refractivity contribution in [2.45, 2.75) is 44.8 Å². The SMILES string of the molecule is O=C(O)Cc1ccc(CC(CCCc2ccccc2)C(O)c2ccc(OC(F)F)cc2)cc1. The van der Waals surface area contributed by atoms with Crippen molar-refractivity contribution in [1.29, 1.82) is 0 Å². The molecule has 33 heavy (non-hydrogen) atoms. The second kappa shape index (κ2) is 12.1. The number of ether oxygens (including phenoxy) is 1. The van der Waals surface area contributed by atoms with Gasteiger partial charge in [0.15, 0.2) is 0 Å². The van der Waals surface area contributed by atoms with Crippen LogP contribution in [0.25, 0.3) is 0 Å². The maximum atomic E-state index is 12.4. The standard InChI is InChI=1S/C27H28F2O4/c28-27(29)33-24-15-13-22(14-16-24)26(32)23(8-4-7-19-5-2-1-3-6-19)17-20-9-11-21(12-10-20)18-25(30)31/h1-3,5-6,9-16,23,26-27,32H,4,7-8,17-18H2,(H,30,31). The molecule has 0 fully saturated rings. The van der Waals surface area contributed by atoms with E-state index in [1.54, 1.807) is 24.3 Å². The normalized spacial score (nSPS) is 13.0. The lowest BCUT2D eigenvalue weighted by Crippen LogP contribution is -2.16. The second-order valence-corrected chi connectivity index (χ2v) is 8.12. The summed E-state index contributed by atoms with van der Waals surface area (Å²) >= 11 is 0. The molecule has 2 N–H and O–H groups in total. The molecule has 0 aliphatic heterocycles. The molecule has 4 nitrogen and oxygen atoms in total. The van der Waals surface area contributed by atoms with Crippen LogP contribution in [0.4, 0.5) is 8.78 Å². The van der Waals surface area contributed by atoms with E-state index in [1.165, 1.54) is 17.7 Å². The molecule has 2 unspecified atom stereocenters. The molecule has 3 aromatic rings. The Bertz CT molecular complexity index is 989. The number of benzene rings is 3. The minimum atomic E-state index is -2.89. The zero-order valence-corrected chi connectivity index (χ0v) is 18.2. The third kappa shape index (κ3) is 7.99. The summed E-state index contributed by atoms with van der Waals surface area (Å²) in [6.07, 6.45) is 2.34. The summed E-state index contributed by atoms with van der Waals surface area (Å²) in [6.45, 7) is -2.89. The van der Waals surface area contributed by atoms with Gasteiger partial charge in [-0.25, -0.2) is 0 Å². The Kier molecular flexibility index (Phi) is 8.95. The summed E-state index contributed by atoms with van der Waals surface area (Å²) in [5.41, 5.74) is 3.61. The summed E-state index contributed by atoms with van der Waals surface area (Å²) in [5, 5.41) is 20.1. The van der Waals surface area contributed by atoms with Gasteiger partial charge in [-0.05, 0) is 66.0 Å². The van der Waals surface area contributed by atoms with E-state index in [2.05, 4.69) is 16.9 Å². The molecule has 0 saturated heterocycles. The molecule has 0 aromatic heterocycles. The number of alkyl halides is 2. The fourth-order valence-electron chi connectivity index (χ4n) is 3.97. The van der Waals surface area contributed by atoms with E-state index in [9.17, 15) is 18.7 Å². The fourth-order valence-corrected chi connectivity index (χ4v) is 3.97. The molecule has 3 aromatic carbocycles. The number of rotatable bonds is 12. The highest BCUT2D eigenvalue weighted by Crippen LogP contribution is 2.31. The topological polar surface area (TPSA) is 66.8 Å². The zero-order chi connectivity index (χ0) is 23.6. The Morgan fingerprint density at radius 2 is 1.48 bits per heavy atom. The first-order valence-corrected chi connectivity index (χ1v) is 11.0. The maximum Gasteiger partial charge on any atom is 0.387 e. The quantitative estimate of drug-likeness (QED) is 0.361. The molecule has 3 rings (SSSR count). The van der Waals surface area contributed by atoms with Crippen LogP contribution in [0.2, 0.25) is 0 Å². The summed E-state index contributed by atoms with van der Waals surface area (Å²) < 4.78 is 29.2. The lowest BCUT2D eigenvalue weighted by molar-refractivity contribution is -0.136. The molecule has 0 heterocycles. The molecule has 0 amide bonds. The van der Waals surface area contributed by atoms with Crippen LogP contribution < -0.4 is 4.74 Å². The van der Waals surface area contributed by atoms with Crippen LogP contribution in [0.1, 0.15) is 41.2 Å². The minimum absolute atomic E-state index is 0.0313. The lowest BCUT2D eigenvalue weighted by atomic mass is 9.85. The number of aliphatic hydroxyl groups is 1. The first-order chi connectivity index (χ1) is 15.9. The Balaban J connectivity index is 1.71. The van der Waals surface area contributed by atoms with Crippen molar-refractivity contribution in [3.05, 3.63) is 101 Å². The van der Waals surface area contributed by atoms with Gasteiger partial charge in [0.2, 0.25) is 0 Å². The third-order valence-electron chi connectivity index (χ3n) is 5.65. The van der Waals surface area contributed by atoms with E-state index in [4.69, 9.17) is 5.11 Å². The first-order valence-electron chi connectivity index (χ1n) is 11.0. The first kappa shape index (κ1) is 24.4. The van der Waals surface area contributed by atoms with Gasteiger partial charge in [-0.3, -0.25) is 4.79 Å². The molecule has 0 radical (unpaired) electrons. The zero-order valence-electron chi connectivity index (χ0n) is 18.2. The fraction of sp³-hybridized carbons (Fsp3) is 0.296. The van der Waals surface area contributed by atoms with Crippen LogP contribution in [-0.4, -0.2) is 22.8 Å². The van der Waals surface area contributed by atoms with Crippen molar-refractivity contribution in [3.8, 4) is 5.75 Å². The average molecular weight is 455 g/mol. The number of aryl methyl sites for hydroxylation is 1. The number of aliphatic hydroxyl groups excluding tert-OH is 1. The molecule has 0 saturated carbocycles. The van der Waals surface area contributed by atoms with Gasteiger partial charge in [-0.2, -0.15) is 8.78 Å². The lowest BCUT2D eigenvalue weighted by Gasteiger charge is -2.24. The van der Waals surface area contributed by atoms with Gasteiger partial charge < -0.3 is 14.9 Å². The van der Waals surface area contributed by atoms with E-state index in [0.29, 0.717) is 12.0 Å². The Hall–Kier alpha value is -3.25. The van der Waals surface area contributed by atoms with Crippen LogP contribution >= 0.6 is 0 Å². The van der Waals surface area contributed by atoms with Crippen LogP contribution in [-0.2, 0) is 24.1 Å². The van der Waals surface area contributed by atoms with Crippen molar-refractivity contribution in [2.24, 2.45) is 5.92 Å². The highest BCUT2D eigenvalue weighted by Gasteiger charge is 2.22. The molecule has 0 aliphatic rings. The number of carbonyl (C=O) groups is 1. The Morgan fingerprint density at radius 1 is 0.848 bits per heavy atom. The van der Waals surface area contributed by atoms with Crippen molar-refractivity contribution in [3.63, 3.8) is 0 Å². The molecule has 0 spiro atoms. The van der Waals surface area contributed by atoms with Crippen LogP contribution in [0.3, 0.4) is 0 Å². The van der Waals surface area contributed by atoms with Crippen molar-refractivity contribution in [1.82, 2.24) is 0 Å². The molecule has 0 aliphatic carbocycles. The van der Waals surface area contributed by atoms with Crippen LogP contribution in [0.15, 0.2) is 78.9 Å². The van der Waals surface area contributed by atoms with E-state index in [-0.39, 0.29) is 18.1 Å². The van der Waals surface area contributed by atoms with Gasteiger partial charge in [0.05, 0.1) is 12.5 Å². The van der Waals surface area contributed by atoms with E-state index in [0.717, 1.165) is 30.4 Å². The van der Waals surface area contributed by atoms with E-state index >= 15 is 0 Å². The number of aliphatic carboxylic acids is 1. The number of halogens is 2. The number of carboxylic acid groups (broad SMARTS) is 1. The van der Waals surface area contributed by atoms with Crippen molar-refractivity contribution < 1.29 is 28.5 Å². The van der Waals surface area contributed by atoms with Gasteiger partial charge in [0.25, 0.3) is 0 Å². The van der Waals surface area contributed by atoms with Gasteiger partial charge in [-0.15, -0.1) is 0 Å². The number of hydrogen-bond donors (Lipinski definition) is 2.